The molecule has 4 rings (SSSR count). The summed E-state index contributed by atoms with van der Waals surface area (Å²) in [7, 11) is 0. The highest BCUT2D eigenvalue weighted by Crippen LogP contribution is 2.31. The molecule has 1 N–H and O–H groups in total. The van der Waals surface area contributed by atoms with E-state index in [2.05, 4.69) is 10.2 Å². The second kappa shape index (κ2) is 9.81. The summed E-state index contributed by atoms with van der Waals surface area (Å²) in [5, 5.41) is 14.5. The molecule has 0 saturated carbocycles. The van der Waals surface area contributed by atoms with Crippen LogP contribution in [0.1, 0.15) is 55.3 Å². The van der Waals surface area contributed by atoms with Crippen LogP contribution in [0.2, 0.25) is 0 Å². The first-order chi connectivity index (χ1) is 15.1. The smallest absolute Gasteiger partial charge is 0.293 e. The molecule has 2 aliphatic rings. The van der Waals surface area contributed by atoms with E-state index in [1.165, 1.54) is 37.4 Å². The van der Waals surface area contributed by atoms with Crippen LogP contribution in [0.5, 0.6) is 0 Å². The summed E-state index contributed by atoms with van der Waals surface area (Å²) in [6.07, 6.45) is 8.22. The lowest BCUT2D eigenvalue weighted by molar-refractivity contribution is -0.384. The topological polar surface area (TPSA) is 78.7 Å². The highest BCUT2D eigenvalue weighted by molar-refractivity contribution is 6.05. The number of nitro benzene ring substituents is 1. The Balaban J connectivity index is 1.46. The molecule has 7 nitrogen and oxygen atoms in total. The molecule has 31 heavy (non-hydrogen) atoms. The summed E-state index contributed by atoms with van der Waals surface area (Å²) in [4.78, 5) is 28.4. The highest BCUT2D eigenvalue weighted by Gasteiger charge is 2.23. The van der Waals surface area contributed by atoms with Crippen LogP contribution in [0.3, 0.4) is 0 Å². The summed E-state index contributed by atoms with van der Waals surface area (Å²) in [5.41, 5.74) is 2.74. The van der Waals surface area contributed by atoms with E-state index >= 15 is 0 Å². The van der Waals surface area contributed by atoms with Crippen molar-refractivity contribution < 1.29 is 9.72 Å². The van der Waals surface area contributed by atoms with Crippen LogP contribution >= 0.6 is 0 Å². The number of benzene rings is 2. The lowest BCUT2D eigenvalue weighted by atomic mass is 10.1. The van der Waals surface area contributed by atoms with Crippen molar-refractivity contribution >= 4 is 28.7 Å². The summed E-state index contributed by atoms with van der Waals surface area (Å²) >= 11 is 0. The van der Waals surface area contributed by atoms with Gasteiger partial charge < -0.3 is 15.1 Å². The number of anilines is 3. The third kappa shape index (κ3) is 5.16. The van der Waals surface area contributed by atoms with Crippen molar-refractivity contribution in [1.29, 1.82) is 0 Å². The van der Waals surface area contributed by atoms with Crippen LogP contribution in [0.25, 0.3) is 0 Å². The molecule has 2 aromatic carbocycles. The molecule has 0 bridgehead atoms. The average Bonchev–Trinajstić information content (AvgIpc) is 3.09. The van der Waals surface area contributed by atoms with Gasteiger partial charge >= 0.3 is 0 Å². The highest BCUT2D eigenvalue weighted by atomic mass is 16.6. The maximum Gasteiger partial charge on any atom is 0.293 e. The van der Waals surface area contributed by atoms with Crippen molar-refractivity contribution in [2.75, 3.05) is 41.3 Å². The van der Waals surface area contributed by atoms with E-state index in [0.717, 1.165) is 45.4 Å². The number of nitro groups is 1. The zero-order valence-corrected chi connectivity index (χ0v) is 17.9. The third-order valence-corrected chi connectivity index (χ3v) is 6.23. The van der Waals surface area contributed by atoms with Crippen molar-refractivity contribution in [3.63, 3.8) is 0 Å². The second-order valence-corrected chi connectivity index (χ2v) is 8.41. The number of nitrogens with zero attached hydrogens (tertiary/aromatic N) is 3. The molecule has 0 unspecified atom stereocenters. The number of carbonyl (C=O) groups excluding carboxylic acids is 1. The van der Waals surface area contributed by atoms with E-state index in [4.69, 9.17) is 0 Å². The predicted molar refractivity (Wildman–Crippen MR) is 124 cm³/mol. The lowest BCUT2D eigenvalue weighted by Gasteiger charge is -2.28. The minimum atomic E-state index is -0.392. The van der Waals surface area contributed by atoms with Gasteiger partial charge in [-0.05, 0) is 68.5 Å². The quantitative estimate of drug-likeness (QED) is 0.528. The summed E-state index contributed by atoms with van der Waals surface area (Å²) in [6, 6.07) is 12.6. The Morgan fingerprint density at radius 1 is 0.806 bits per heavy atom. The molecule has 0 aromatic heterocycles. The maximum atomic E-state index is 12.8. The standard InChI is InChI=1S/C24H30N4O3/c29-24(25-20-9-11-21(12-10-20)26-14-4-1-2-5-15-26)19-8-13-22(23(18-19)28(30)31)27-16-6-3-7-17-27/h8-13,18H,1-7,14-17H2,(H,25,29). The number of hydrogen-bond donors (Lipinski definition) is 1. The zero-order valence-electron chi connectivity index (χ0n) is 17.9. The number of amides is 1. The van der Waals surface area contributed by atoms with E-state index in [0.29, 0.717) is 16.9 Å². The third-order valence-electron chi connectivity index (χ3n) is 6.23. The van der Waals surface area contributed by atoms with E-state index in [-0.39, 0.29) is 11.6 Å². The van der Waals surface area contributed by atoms with Crippen LogP contribution in [-0.4, -0.2) is 37.0 Å². The Bertz CT molecular complexity index is 915. The monoisotopic (exact) mass is 422 g/mol. The molecule has 0 spiro atoms. The predicted octanol–water partition coefficient (Wildman–Crippen LogP) is 5.22. The Morgan fingerprint density at radius 2 is 1.39 bits per heavy atom. The molecule has 7 heteroatoms. The van der Waals surface area contributed by atoms with Gasteiger partial charge in [-0.25, -0.2) is 0 Å². The molecular weight excluding hydrogens is 392 g/mol. The zero-order chi connectivity index (χ0) is 21.6. The van der Waals surface area contributed by atoms with Crippen molar-refractivity contribution in [1.82, 2.24) is 0 Å². The minimum Gasteiger partial charge on any atom is -0.372 e. The first-order valence-electron chi connectivity index (χ1n) is 11.3. The van der Waals surface area contributed by atoms with Crippen LogP contribution in [0.4, 0.5) is 22.7 Å². The first-order valence-corrected chi connectivity index (χ1v) is 11.3. The van der Waals surface area contributed by atoms with E-state index in [1.807, 2.05) is 29.2 Å². The summed E-state index contributed by atoms with van der Waals surface area (Å²) in [6.45, 7) is 3.77. The molecule has 2 aliphatic heterocycles. The lowest BCUT2D eigenvalue weighted by Crippen LogP contribution is -2.30. The van der Waals surface area contributed by atoms with Gasteiger partial charge in [-0.15, -0.1) is 0 Å². The molecule has 164 valence electrons. The van der Waals surface area contributed by atoms with Gasteiger partial charge in [0.1, 0.15) is 5.69 Å². The second-order valence-electron chi connectivity index (χ2n) is 8.41. The molecule has 0 radical (unpaired) electrons. The fraction of sp³-hybridized carbons (Fsp3) is 0.458. The fourth-order valence-corrected chi connectivity index (χ4v) is 4.50. The first kappa shape index (κ1) is 21.2. The van der Waals surface area contributed by atoms with Gasteiger partial charge in [0.2, 0.25) is 0 Å². The van der Waals surface area contributed by atoms with E-state index in [9.17, 15) is 14.9 Å². The van der Waals surface area contributed by atoms with Crippen LogP contribution < -0.4 is 15.1 Å². The normalized spacial score (nSPS) is 17.2. The number of hydrogen-bond acceptors (Lipinski definition) is 5. The molecule has 2 saturated heterocycles. The Morgan fingerprint density at radius 3 is 2.00 bits per heavy atom. The summed E-state index contributed by atoms with van der Waals surface area (Å²) in [5.74, 6) is -0.337. The van der Waals surface area contributed by atoms with Crippen LogP contribution in [-0.2, 0) is 0 Å². The van der Waals surface area contributed by atoms with Crippen molar-refractivity contribution in [2.24, 2.45) is 0 Å². The van der Waals surface area contributed by atoms with Crippen LogP contribution in [0, 0.1) is 10.1 Å². The van der Waals surface area contributed by atoms with Crippen molar-refractivity contribution in [2.45, 2.75) is 44.9 Å². The molecule has 0 atom stereocenters. The number of rotatable bonds is 5. The van der Waals surface area contributed by atoms with Gasteiger partial charge in [0, 0.05) is 49.2 Å². The van der Waals surface area contributed by atoms with E-state index < -0.39 is 4.92 Å². The SMILES string of the molecule is O=C(Nc1ccc(N2CCCCCC2)cc1)c1ccc(N2CCCCC2)c([N+](=O)[O-])c1. The van der Waals surface area contributed by atoms with Gasteiger partial charge in [0.25, 0.3) is 11.6 Å². The number of piperidine rings is 1. The minimum absolute atomic E-state index is 0.00828. The van der Waals surface area contributed by atoms with Gasteiger partial charge in [0.15, 0.2) is 0 Å². The number of carbonyl (C=O) groups is 1. The molecular formula is C24H30N4O3. The van der Waals surface area contributed by atoms with Crippen molar-refractivity contribution in [3.05, 3.63) is 58.1 Å². The van der Waals surface area contributed by atoms with Crippen LogP contribution in [0.15, 0.2) is 42.5 Å². The molecule has 2 aromatic rings. The largest absolute Gasteiger partial charge is 0.372 e. The van der Waals surface area contributed by atoms with Gasteiger partial charge in [-0.3, -0.25) is 14.9 Å². The Kier molecular flexibility index (Phi) is 6.70. The van der Waals surface area contributed by atoms with E-state index in [1.54, 1.807) is 12.1 Å². The maximum absolute atomic E-state index is 12.8. The average molecular weight is 423 g/mol. The molecule has 2 fully saturated rings. The molecule has 0 aliphatic carbocycles. The fourth-order valence-electron chi connectivity index (χ4n) is 4.50. The van der Waals surface area contributed by atoms with Gasteiger partial charge in [0.05, 0.1) is 4.92 Å². The molecule has 1 amide bonds. The van der Waals surface area contributed by atoms with Gasteiger partial charge in [-0.1, -0.05) is 12.8 Å². The Hall–Kier alpha value is -3.09. The Labute approximate surface area is 183 Å². The number of nitrogens with one attached hydrogen (secondary N) is 1. The molecule has 2 heterocycles. The van der Waals surface area contributed by atoms with Crippen molar-refractivity contribution in [3.8, 4) is 0 Å². The van der Waals surface area contributed by atoms with Gasteiger partial charge in [-0.2, -0.15) is 0 Å². The summed E-state index contributed by atoms with van der Waals surface area (Å²) < 4.78 is 0.